The van der Waals surface area contributed by atoms with Gasteiger partial charge in [0, 0.05) is 32.7 Å². The maximum absolute atomic E-state index is 12.3. The lowest BCUT2D eigenvalue weighted by atomic mass is 10.1. The van der Waals surface area contributed by atoms with Gasteiger partial charge in [0.1, 0.15) is 0 Å². The summed E-state index contributed by atoms with van der Waals surface area (Å²) in [5.74, 6) is 0.299. The summed E-state index contributed by atoms with van der Waals surface area (Å²) in [7, 11) is 0. The molecular formula is C19H23N3O3. The minimum Gasteiger partial charge on any atom is -0.459 e. The highest BCUT2D eigenvalue weighted by atomic mass is 16.3. The molecule has 2 amide bonds. The Balaban J connectivity index is 1.42. The lowest BCUT2D eigenvalue weighted by molar-refractivity contribution is -0.131. The Morgan fingerprint density at radius 2 is 1.76 bits per heavy atom. The summed E-state index contributed by atoms with van der Waals surface area (Å²) in [6.07, 6.45) is 1.49. The summed E-state index contributed by atoms with van der Waals surface area (Å²) in [5, 5.41) is 3.21. The Morgan fingerprint density at radius 1 is 1.04 bits per heavy atom. The number of hydrogen-bond acceptors (Lipinski definition) is 4. The molecule has 1 saturated heterocycles. The molecule has 1 fully saturated rings. The standard InChI is InChI=1S/C19H23N3O3/c1-15-5-2-3-6-16(15)13-20-14-18(23)21-8-10-22(11-9-21)19(24)17-7-4-12-25-17/h2-7,12,20H,8-11,13-14H2,1H3. The summed E-state index contributed by atoms with van der Waals surface area (Å²) in [6.45, 7) is 5.21. The van der Waals surface area contributed by atoms with Gasteiger partial charge in [-0.15, -0.1) is 0 Å². The number of amides is 2. The molecular weight excluding hydrogens is 318 g/mol. The SMILES string of the molecule is Cc1ccccc1CNCC(=O)N1CCN(C(=O)c2ccco2)CC1. The van der Waals surface area contributed by atoms with E-state index in [0.717, 1.165) is 0 Å². The molecule has 0 radical (unpaired) electrons. The third-order valence-corrected chi connectivity index (χ3v) is 4.50. The fraction of sp³-hybridized carbons (Fsp3) is 0.368. The van der Waals surface area contributed by atoms with E-state index < -0.39 is 0 Å². The van der Waals surface area contributed by atoms with Crippen LogP contribution in [0.25, 0.3) is 0 Å². The van der Waals surface area contributed by atoms with Crippen LogP contribution in [-0.4, -0.2) is 54.3 Å². The van der Waals surface area contributed by atoms with Crippen molar-refractivity contribution in [2.24, 2.45) is 0 Å². The Morgan fingerprint density at radius 3 is 2.44 bits per heavy atom. The molecule has 6 nitrogen and oxygen atoms in total. The molecule has 2 aromatic rings. The van der Waals surface area contributed by atoms with E-state index in [9.17, 15) is 9.59 Å². The first-order valence-corrected chi connectivity index (χ1v) is 8.51. The van der Waals surface area contributed by atoms with E-state index in [1.54, 1.807) is 21.9 Å². The number of furan rings is 1. The lowest BCUT2D eigenvalue weighted by Crippen LogP contribution is -2.52. The Labute approximate surface area is 147 Å². The zero-order valence-corrected chi connectivity index (χ0v) is 14.4. The number of nitrogens with one attached hydrogen (secondary N) is 1. The van der Waals surface area contributed by atoms with Crippen molar-refractivity contribution in [3.63, 3.8) is 0 Å². The van der Waals surface area contributed by atoms with Crippen molar-refractivity contribution in [1.29, 1.82) is 0 Å². The van der Waals surface area contributed by atoms with E-state index >= 15 is 0 Å². The van der Waals surface area contributed by atoms with Crippen molar-refractivity contribution >= 4 is 11.8 Å². The van der Waals surface area contributed by atoms with E-state index in [1.165, 1.54) is 17.4 Å². The minimum atomic E-state index is -0.116. The fourth-order valence-electron chi connectivity index (χ4n) is 2.94. The maximum Gasteiger partial charge on any atom is 0.289 e. The number of nitrogens with zero attached hydrogens (tertiary/aromatic N) is 2. The van der Waals surface area contributed by atoms with Gasteiger partial charge in [0.25, 0.3) is 5.91 Å². The molecule has 25 heavy (non-hydrogen) atoms. The molecule has 0 aliphatic carbocycles. The van der Waals surface area contributed by atoms with Crippen LogP contribution in [0, 0.1) is 6.92 Å². The zero-order valence-electron chi connectivity index (χ0n) is 14.4. The molecule has 1 aromatic heterocycles. The number of carbonyl (C=O) groups excluding carboxylic acids is 2. The van der Waals surface area contributed by atoms with Crippen LogP contribution < -0.4 is 5.32 Å². The summed E-state index contributed by atoms with van der Waals surface area (Å²) in [5.41, 5.74) is 2.41. The molecule has 1 N–H and O–H groups in total. The molecule has 0 bridgehead atoms. The normalized spacial score (nSPS) is 14.6. The van der Waals surface area contributed by atoms with Gasteiger partial charge in [-0.1, -0.05) is 24.3 Å². The van der Waals surface area contributed by atoms with Crippen molar-refractivity contribution in [2.75, 3.05) is 32.7 Å². The van der Waals surface area contributed by atoms with Crippen molar-refractivity contribution in [3.8, 4) is 0 Å². The predicted molar refractivity (Wildman–Crippen MR) is 94.1 cm³/mol. The first-order valence-electron chi connectivity index (χ1n) is 8.51. The van der Waals surface area contributed by atoms with Gasteiger partial charge in [-0.2, -0.15) is 0 Å². The predicted octanol–water partition coefficient (Wildman–Crippen LogP) is 1.66. The van der Waals surface area contributed by atoms with E-state index in [1.807, 2.05) is 12.1 Å². The number of hydrogen-bond donors (Lipinski definition) is 1. The van der Waals surface area contributed by atoms with Crippen molar-refractivity contribution in [3.05, 3.63) is 59.5 Å². The summed E-state index contributed by atoms with van der Waals surface area (Å²) in [6, 6.07) is 11.5. The third-order valence-electron chi connectivity index (χ3n) is 4.50. The van der Waals surface area contributed by atoms with Crippen molar-refractivity contribution in [1.82, 2.24) is 15.1 Å². The van der Waals surface area contributed by atoms with Crippen LogP contribution >= 0.6 is 0 Å². The highest BCUT2D eigenvalue weighted by Crippen LogP contribution is 2.10. The monoisotopic (exact) mass is 341 g/mol. The molecule has 132 valence electrons. The average molecular weight is 341 g/mol. The zero-order chi connectivity index (χ0) is 17.6. The number of benzene rings is 1. The topological polar surface area (TPSA) is 65.8 Å². The van der Waals surface area contributed by atoms with Gasteiger partial charge in [-0.3, -0.25) is 9.59 Å². The molecule has 0 atom stereocenters. The first kappa shape index (κ1) is 17.2. The highest BCUT2D eigenvalue weighted by Gasteiger charge is 2.25. The quantitative estimate of drug-likeness (QED) is 0.898. The van der Waals surface area contributed by atoms with Crippen LogP contribution in [0.15, 0.2) is 47.1 Å². The smallest absolute Gasteiger partial charge is 0.289 e. The van der Waals surface area contributed by atoms with E-state index in [0.29, 0.717) is 45.0 Å². The molecule has 1 aliphatic rings. The van der Waals surface area contributed by atoms with E-state index in [-0.39, 0.29) is 11.8 Å². The fourth-order valence-corrected chi connectivity index (χ4v) is 2.94. The summed E-state index contributed by atoms with van der Waals surface area (Å²) >= 11 is 0. The second-order valence-electron chi connectivity index (χ2n) is 6.18. The average Bonchev–Trinajstić information content (AvgIpc) is 3.17. The molecule has 0 unspecified atom stereocenters. The van der Waals surface area contributed by atoms with Gasteiger partial charge < -0.3 is 19.5 Å². The summed E-state index contributed by atoms with van der Waals surface area (Å²) in [4.78, 5) is 28.1. The Kier molecular flexibility index (Phi) is 5.50. The number of rotatable bonds is 5. The molecule has 3 rings (SSSR count). The van der Waals surface area contributed by atoms with Crippen LogP contribution in [0.1, 0.15) is 21.7 Å². The largest absolute Gasteiger partial charge is 0.459 e. The third kappa shape index (κ3) is 4.28. The van der Waals surface area contributed by atoms with Gasteiger partial charge in [0.05, 0.1) is 12.8 Å². The van der Waals surface area contributed by atoms with Gasteiger partial charge in [-0.05, 0) is 30.2 Å². The Hall–Kier alpha value is -2.60. The van der Waals surface area contributed by atoms with E-state index in [4.69, 9.17) is 4.42 Å². The summed E-state index contributed by atoms with van der Waals surface area (Å²) < 4.78 is 5.15. The maximum atomic E-state index is 12.3. The van der Waals surface area contributed by atoms with Crippen molar-refractivity contribution < 1.29 is 14.0 Å². The van der Waals surface area contributed by atoms with Gasteiger partial charge in [0.15, 0.2) is 5.76 Å². The number of piperazine rings is 1. The lowest BCUT2D eigenvalue weighted by Gasteiger charge is -2.34. The van der Waals surface area contributed by atoms with Crippen LogP contribution in [0.4, 0.5) is 0 Å². The molecule has 6 heteroatoms. The second-order valence-corrected chi connectivity index (χ2v) is 6.18. The van der Waals surface area contributed by atoms with Gasteiger partial charge in [-0.25, -0.2) is 0 Å². The first-order chi connectivity index (χ1) is 12.1. The van der Waals surface area contributed by atoms with Crippen molar-refractivity contribution in [2.45, 2.75) is 13.5 Å². The second kappa shape index (κ2) is 7.98. The molecule has 0 saturated carbocycles. The molecule has 2 heterocycles. The number of aryl methyl sites for hydroxylation is 1. The van der Waals surface area contributed by atoms with Crippen LogP contribution in [0.2, 0.25) is 0 Å². The molecule has 0 spiro atoms. The van der Waals surface area contributed by atoms with Gasteiger partial charge >= 0.3 is 0 Å². The van der Waals surface area contributed by atoms with E-state index in [2.05, 4.69) is 24.4 Å². The van der Waals surface area contributed by atoms with Crippen LogP contribution in [0.3, 0.4) is 0 Å². The van der Waals surface area contributed by atoms with Crippen LogP contribution in [-0.2, 0) is 11.3 Å². The molecule has 1 aromatic carbocycles. The van der Waals surface area contributed by atoms with Gasteiger partial charge in [0.2, 0.25) is 5.91 Å². The minimum absolute atomic E-state index is 0.0682. The molecule has 1 aliphatic heterocycles. The Bertz CT molecular complexity index is 719. The van der Waals surface area contributed by atoms with Crippen LogP contribution in [0.5, 0.6) is 0 Å². The highest BCUT2D eigenvalue weighted by molar-refractivity contribution is 5.91. The number of carbonyl (C=O) groups is 2.